The molecule has 13 heavy (non-hydrogen) atoms. The van der Waals surface area contributed by atoms with E-state index in [1.807, 2.05) is 0 Å². The standard InChI is InChI=1S/C9H11ClN2O/c1-12-5-7(10)6(4-8(12)13)9(11)2-3-9/h4-5H,2-3,11H2,1H3. The fraction of sp³-hybridized carbons (Fsp3) is 0.444. The molecule has 1 aliphatic carbocycles. The van der Waals surface area contributed by atoms with E-state index in [0.717, 1.165) is 18.4 Å². The molecule has 0 unspecified atom stereocenters. The molecule has 4 heteroatoms. The van der Waals surface area contributed by atoms with Crippen LogP contribution < -0.4 is 11.3 Å². The molecule has 0 saturated heterocycles. The van der Waals surface area contributed by atoms with Crippen molar-refractivity contribution in [2.45, 2.75) is 18.4 Å². The van der Waals surface area contributed by atoms with Crippen molar-refractivity contribution >= 4 is 11.6 Å². The zero-order chi connectivity index (χ0) is 9.64. The first-order chi connectivity index (χ1) is 6.03. The molecule has 0 aliphatic heterocycles. The van der Waals surface area contributed by atoms with Crippen LogP contribution in [0.2, 0.25) is 5.02 Å². The normalized spacial score (nSPS) is 18.7. The van der Waals surface area contributed by atoms with Gasteiger partial charge in [0.15, 0.2) is 0 Å². The van der Waals surface area contributed by atoms with E-state index in [1.54, 1.807) is 13.2 Å². The van der Waals surface area contributed by atoms with Crippen LogP contribution in [0.3, 0.4) is 0 Å². The van der Waals surface area contributed by atoms with Gasteiger partial charge in [-0.2, -0.15) is 0 Å². The van der Waals surface area contributed by atoms with Gasteiger partial charge in [-0.3, -0.25) is 4.79 Å². The summed E-state index contributed by atoms with van der Waals surface area (Å²) in [6, 6.07) is 1.54. The summed E-state index contributed by atoms with van der Waals surface area (Å²) >= 11 is 5.99. The van der Waals surface area contributed by atoms with E-state index >= 15 is 0 Å². The van der Waals surface area contributed by atoms with Gasteiger partial charge in [-0.05, 0) is 18.4 Å². The molecule has 1 aliphatic rings. The Morgan fingerprint density at radius 2 is 2.23 bits per heavy atom. The molecule has 70 valence electrons. The maximum absolute atomic E-state index is 11.3. The maximum atomic E-state index is 11.3. The van der Waals surface area contributed by atoms with E-state index in [4.69, 9.17) is 17.3 Å². The Morgan fingerprint density at radius 3 is 2.77 bits per heavy atom. The molecule has 0 bridgehead atoms. The number of nitrogens with two attached hydrogens (primary N) is 1. The lowest BCUT2D eigenvalue weighted by Crippen LogP contribution is -2.24. The van der Waals surface area contributed by atoms with Gasteiger partial charge >= 0.3 is 0 Å². The van der Waals surface area contributed by atoms with Crippen LogP contribution in [0, 0.1) is 0 Å². The second kappa shape index (κ2) is 2.59. The highest BCUT2D eigenvalue weighted by atomic mass is 35.5. The van der Waals surface area contributed by atoms with Gasteiger partial charge in [0.1, 0.15) is 0 Å². The van der Waals surface area contributed by atoms with Gasteiger partial charge < -0.3 is 10.3 Å². The van der Waals surface area contributed by atoms with Crippen molar-refractivity contribution in [3.05, 3.63) is 33.2 Å². The largest absolute Gasteiger partial charge is 0.321 e. The third kappa shape index (κ3) is 1.38. The lowest BCUT2D eigenvalue weighted by Gasteiger charge is -2.11. The number of rotatable bonds is 1. The van der Waals surface area contributed by atoms with Crippen molar-refractivity contribution in [3.8, 4) is 0 Å². The van der Waals surface area contributed by atoms with Crippen LogP contribution in [0.5, 0.6) is 0 Å². The lowest BCUT2D eigenvalue weighted by atomic mass is 10.1. The van der Waals surface area contributed by atoms with Crippen molar-refractivity contribution in [1.82, 2.24) is 4.57 Å². The van der Waals surface area contributed by atoms with Crippen LogP contribution in [0.4, 0.5) is 0 Å². The summed E-state index contributed by atoms with van der Waals surface area (Å²) in [5.41, 5.74) is 6.36. The number of aryl methyl sites for hydroxylation is 1. The van der Waals surface area contributed by atoms with Crippen LogP contribution in [0.25, 0.3) is 0 Å². The Balaban J connectivity index is 2.59. The van der Waals surface area contributed by atoms with Crippen molar-refractivity contribution in [2.24, 2.45) is 12.8 Å². The Hall–Kier alpha value is -0.800. The summed E-state index contributed by atoms with van der Waals surface area (Å²) < 4.78 is 1.46. The van der Waals surface area contributed by atoms with Gasteiger partial charge in [0.25, 0.3) is 5.56 Å². The molecule has 0 radical (unpaired) electrons. The van der Waals surface area contributed by atoms with E-state index in [2.05, 4.69) is 0 Å². The molecule has 1 aromatic heterocycles. The number of pyridine rings is 1. The fourth-order valence-corrected chi connectivity index (χ4v) is 1.77. The molecule has 1 saturated carbocycles. The van der Waals surface area contributed by atoms with Gasteiger partial charge in [0.05, 0.1) is 5.02 Å². The van der Waals surface area contributed by atoms with Crippen molar-refractivity contribution in [1.29, 1.82) is 0 Å². The average Bonchev–Trinajstić information content (AvgIpc) is 2.77. The molecule has 0 amide bonds. The highest BCUT2D eigenvalue weighted by Crippen LogP contribution is 2.44. The number of halogens is 1. The predicted molar refractivity (Wildman–Crippen MR) is 51.8 cm³/mol. The maximum Gasteiger partial charge on any atom is 0.250 e. The third-order valence-electron chi connectivity index (χ3n) is 2.50. The van der Waals surface area contributed by atoms with Crippen LogP contribution in [-0.2, 0) is 12.6 Å². The number of aromatic nitrogens is 1. The van der Waals surface area contributed by atoms with Crippen molar-refractivity contribution in [2.75, 3.05) is 0 Å². The summed E-state index contributed by atoms with van der Waals surface area (Å²) in [4.78, 5) is 11.3. The smallest absolute Gasteiger partial charge is 0.250 e. The summed E-state index contributed by atoms with van der Waals surface area (Å²) in [6.45, 7) is 0. The van der Waals surface area contributed by atoms with E-state index < -0.39 is 0 Å². The fourth-order valence-electron chi connectivity index (χ4n) is 1.38. The first kappa shape index (κ1) is 8.78. The molecule has 1 fully saturated rings. The number of hydrogen-bond acceptors (Lipinski definition) is 2. The van der Waals surface area contributed by atoms with Gasteiger partial charge in [-0.15, -0.1) is 0 Å². The zero-order valence-electron chi connectivity index (χ0n) is 7.38. The predicted octanol–water partition coefficient (Wildman–Crippen LogP) is 0.987. The second-order valence-corrected chi connectivity index (χ2v) is 4.05. The van der Waals surface area contributed by atoms with Gasteiger partial charge in [0.2, 0.25) is 0 Å². The Labute approximate surface area is 81.1 Å². The SMILES string of the molecule is Cn1cc(Cl)c(C2(N)CC2)cc1=O. The van der Waals surface area contributed by atoms with Crippen LogP contribution >= 0.6 is 11.6 Å². The summed E-state index contributed by atoms with van der Waals surface area (Å²) in [7, 11) is 1.67. The number of hydrogen-bond donors (Lipinski definition) is 1. The van der Waals surface area contributed by atoms with Crippen LogP contribution in [0.1, 0.15) is 18.4 Å². The highest BCUT2D eigenvalue weighted by molar-refractivity contribution is 6.31. The Morgan fingerprint density at radius 1 is 1.62 bits per heavy atom. The minimum Gasteiger partial charge on any atom is -0.321 e. The van der Waals surface area contributed by atoms with E-state index in [9.17, 15) is 4.79 Å². The molecule has 1 heterocycles. The van der Waals surface area contributed by atoms with Gasteiger partial charge in [0, 0.05) is 24.8 Å². The second-order valence-electron chi connectivity index (χ2n) is 3.64. The van der Waals surface area contributed by atoms with Gasteiger partial charge in [-0.1, -0.05) is 11.6 Å². The first-order valence-corrected chi connectivity index (χ1v) is 4.56. The summed E-state index contributed by atoms with van der Waals surface area (Å²) in [6.07, 6.45) is 3.45. The molecule has 1 aromatic rings. The monoisotopic (exact) mass is 198 g/mol. The molecule has 2 rings (SSSR count). The van der Waals surface area contributed by atoms with Crippen LogP contribution in [0.15, 0.2) is 17.1 Å². The molecular formula is C9H11ClN2O. The summed E-state index contributed by atoms with van der Waals surface area (Å²) in [5.74, 6) is 0. The first-order valence-electron chi connectivity index (χ1n) is 4.18. The third-order valence-corrected chi connectivity index (χ3v) is 2.81. The molecular weight excluding hydrogens is 188 g/mol. The molecule has 3 nitrogen and oxygen atoms in total. The van der Waals surface area contributed by atoms with Crippen LogP contribution in [-0.4, -0.2) is 4.57 Å². The van der Waals surface area contributed by atoms with E-state index in [0.29, 0.717) is 5.02 Å². The molecule has 0 aromatic carbocycles. The Bertz CT molecular complexity index is 407. The molecule has 0 spiro atoms. The quantitative estimate of drug-likeness (QED) is 0.732. The average molecular weight is 199 g/mol. The Kier molecular flexibility index (Phi) is 1.75. The number of nitrogens with zero attached hydrogens (tertiary/aromatic N) is 1. The lowest BCUT2D eigenvalue weighted by molar-refractivity contribution is 0.726. The molecule has 0 atom stereocenters. The zero-order valence-corrected chi connectivity index (χ0v) is 8.14. The topological polar surface area (TPSA) is 48.0 Å². The van der Waals surface area contributed by atoms with Crippen molar-refractivity contribution in [3.63, 3.8) is 0 Å². The van der Waals surface area contributed by atoms with E-state index in [1.165, 1.54) is 10.6 Å². The highest BCUT2D eigenvalue weighted by Gasteiger charge is 2.41. The molecule has 2 N–H and O–H groups in total. The summed E-state index contributed by atoms with van der Waals surface area (Å²) in [5, 5.41) is 0.585. The minimum atomic E-state index is -0.329. The van der Waals surface area contributed by atoms with Gasteiger partial charge in [-0.25, -0.2) is 0 Å². The minimum absolute atomic E-state index is 0.0591. The van der Waals surface area contributed by atoms with Crippen molar-refractivity contribution < 1.29 is 0 Å². The van der Waals surface area contributed by atoms with E-state index in [-0.39, 0.29) is 11.1 Å².